The highest BCUT2D eigenvalue weighted by atomic mass is 32.1. The third-order valence-corrected chi connectivity index (χ3v) is 8.17. The smallest absolute Gasteiger partial charge is 0.197 e. The fourth-order valence-corrected chi connectivity index (χ4v) is 6.50. The number of pyridine rings is 1. The number of nitrogens with one attached hydrogen (secondary N) is 1. The van der Waals surface area contributed by atoms with Crippen molar-refractivity contribution in [2.75, 3.05) is 26.7 Å². The van der Waals surface area contributed by atoms with Gasteiger partial charge in [-0.1, -0.05) is 27.7 Å². The molecule has 0 aliphatic carbocycles. The highest BCUT2D eigenvalue weighted by Crippen LogP contribution is 2.42. The number of aromatic nitrogens is 6. The number of rotatable bonds is 7. The van der Waals surface area contributed by atoms with Crippen LogP contribution in [0.1, 0.15) is 68.5 Å². The maximum absolute atomic E-state index is 5.58. The molecule has 0 bridgehead atoms. The van der Waals surface area contributed by atoms with Gasteiger partial charge in [-0.2, -0.15) is 10.2 Å². The van der Waals surface area contributed by atoms with E-state index in [1.165, 1.54) is 49.2 Å². The van der Waals surface area contributed by atoms with Crippen molar-refractivity contribution >= 4 is 17.0 Å². The molecule has 1 aliphatic rings. The third kappa shape index (κ3) is 4.59. The van der Waals surface area contributed by atoms with E-state index in [9.17, 15) is 0 Å². The summed E-state index contributed by atoms with van der Waals surface area (Å²) in [4.78, 5) is 13.4. The van der Waals surface area contributed by atoms with E-state index < -0.39 is 0 Å². The lowest BCUT2D eigenvalue weighted by Crippen LogP contribution is -2.35. The van der Waals surface area contributed by atoms with E-state index in [1.807, 2.05) is 23.6 Å². The summed E-state index contributed by atoms with van der Waals surface area (Å²) in [5, 5.41) is 13.4. The number of hydrogen-bond acceptors (Lipinski definition) is 7. The molecule has 0 amide bonds. The first kappa shape index (κ1) is 23.9. The Kier molecular flexibility index (Phi) is 6.63. The van der Waals surface area contributed by atoms with Gasteiger partial charge in [0.25, 0.3) is 0 Å². The van der Waals surface area contributed by atoms with E-state index in [1.54, 1.807) is 11.6 Å². The van der Waals surface area contributed by atoms with Gasteiger partial charge < -0.3 is 9.64 Å². The first-order chi connectivity index (χ1) is 16.9. The Bertz CT molecular complexity index is 1310. The zero-order chi connectivity index (χ0) is 24.7. The fourth-order valence-electron chi connectivity index (χ4n) is 5.26. The first-order valence-electron chi connectivity index (χ1n) is 12.5. The molecule has 186 valence electrons. The zero-order valence-corrected chi connectivity index (χ0v) is 22.3. The average molecular weight is 494 g/mol. The minimum atomic E-state index is 0.267. The second-order valence-corrected chi connectivity index (χ2v) is 11.3. The van der Waals surface area contributed by atoms with Gasteiger partial charge in [0.15, 0.2) is 11.4 Å². The Morgan fingerprint density at radius 1 is 1.20 bits per heavy atom. The molecule has 0 aromatic carbocycles. The van der Waals surface area contributed by atoms with E-state index >= 15 is 0 Å². The number of fused-ring (bicyclic) bond motifs is 1. The molecule has 4 aromatic heterocycles. The monoisotopic (exact) mass is 493 g/mol. The number of H-pyrrole nitrogens is 1. The van der Waals surface area contributed by atoms with Crippen LogP contribution in [0.2, 0.25) is 0 Å². The lowest BCUT2D eigenvalue weighted by Gasteiger charge is -2.32. The summed E-state index contributed by atoms with van der Waals surface area (Å²) >= 11 is 1.82. The molecule has 1 N–H and O–H groups in total. The van der Waals surface area contributed by atoms with Gasteiger partial charge >= 0.3 is 0 Å². The lowest BCUT2D eigenvalue weighted by atomic mass is 9.94. The van der Waals surface area contributed by atoms with Gasteiger partial charge in [-0.05, 0) is 56.7 Å². The van der Waals surface area contributed by atoms with Crippen LogP contribution in [0.15, 0.2) is 18.6 Å². The van der Waals surface area contributed by atoms with E-state index in [4.69, 9.17) is 14.8 Å². The molecule has 5 rings (SSSR count). The van der Waals surface area contributed by atoms with E-state index in [-0.39, 0.29) is 5.92 Å². The van der Waals surface area contributed by atoms with Crippen LogP contribution in [-0.2, 0) is 0 Å². The van der Waals surface area contributed by atoms with Gasteiger partial charge in [-0.3, -0.25) is 5.10 Å². The molecule has 0 atom stereocenters. The first-order valence-corrected chi connectivity index (χ1v) is 13.3. The van der Waals surface area contributed by atoms with Crippen molar-refractivity contribution in [2.45, 2.75) is 59.3 Å². The minimum Gasteiger partial charge on any atom is -0.493 e. The van der Waals surface area contributed by atoms with Gasteiger partial charge in [0.2, 0.25) is 0 Å². The van der Waals surface area contributed by atoms with Gasteiger partial charge in [0.05, 0.1) is 18.5 Å². The molecule has 1 aliphatic heterocycles. The highest BCUT2D eigenvalue weighted by molar-refractivity contribution is 7.15. The van der Waals surface area contributed by atoms with Crippen LogP contribution >= 0.6 is 11.3 Å². The fraction of sp³-hybridized carbons (Fsp3) is 0.538. The molecule has 35 heavy (non-hydrogen) atoms. The van der Waals surface area contributed by atoms with Crippen molar-refractivity contribution in [2.24, 2.45) is 5.92 Å². The molecule has 9 heteroatoms. The Morgan fingerprint density at radius 3 is 2.66 bits per heavy atom. The normalized spacial score (nSPS) is 15.7. The van der Waals surface area contributed by atoms with Crippen LogP contribution in [0, 0.1) is 12.8 Å². The molecule has 5 heterocycles. The van der Waals surface area contributed by atoms with Crippen molar-refractivity contribution in [1.82, 2.24) is 34.7 Å². The minimum absolute atomic E-state index is 0.267. The summed E-state index contributed by atoms with van der Waals surface area (Å²) in [7, 11) is 1.66. The van der Waals surface area contributed by atoms with Crippen LogP contribution in [0.4, 0.5) is 0 Å². The number of hydrogen-bond donors (Lipinski definition) is 1. The number of nitrogens with zero attached hydrogens (tertiary/aromatic N) is 6. The number of ether oxygens (including phenoxy) is 1. The van der Waals surface area contributed by atoms with Crippen molar-refractivity contribution in [3.63, 3.8) is 0 Å². The Hall–Kier alpha value is -2.78. The Morgan fingerprint density at radius 2 is 1.97 bits per heavy atom. The van der Waals surface area contributed by atoms with Crippen molar-refractivity contribution in [3.05, 3.63) is 34.7 Å². The molecule has 0 spiro atoms. The lowest BCUT2D eigenvalue weighted by molar-refractivity contribution is 0.193. The molecule has 1 saturated heterocycles. The van der Waals surface area contributed by atoms with Gasteiger partial charge in [-0.25, -0.2) is 14.5 Å². The molecule has 0 unspecified atom stereocenters. The predicted molar refractivity (Wildman–Crippen MR) is 140 cm³/mol. The van der Waals surface area contributed by atoms with Gasteiger partial charge in [-0.15, -0.1) is 11.3 Å². The summed E-state index contributed by atoms with van der Waals surface area (Å²) in [6.07, 6.45) is 5.92. The zero-order valence-electron chi connectivity index (χ0n) is 21.5. The van der Waals surface area contributed by atoms with Crippen LogP contribution in [-0.4, -0.2) is 61.4 Å². The van der Waals surface area contributed by atoms with E-state index in [0.717, 1.165) is 33.6 Å². The molecular weight excluding hydrogens is 458 g/mol. The quantitative estimate of drug-likeness (QED) is 0.365. The Balaban J connectivity index is 1.47. The number of piperidine rings is 1. The molecule has 0 saturated carbocycles. The number of aryl methyl sites for hydroxylation is 1. The predicted octanol–water partition coefficient (Wildman–Crippen LogP) is 5.52. The van der Waals surface area contributed by atoms with Gasteiger partial charge in [0, 0.05) is 28.7 Å². The SMILES string of the molecule is COc1cc(-c2[nH]nc(-c3nc(C)c(C4CCN(CC(C)C)CC4)s3)c2C(C)C)cn2ncnc12. The summed E-state index contributed by atoms with van der Waals surface area (Å²) < 4.78 is 7.33. The summed E-state index contributed by atoms with van der Waals surface area (Å²) in [5.41, 5.74) is 5.90. The maximum atomic E-state index is 5.58. The number of thiazole rings is 1. The summed E-state index contributed by atoms with van der Waals surface area (Å²) in [6, 6.07) is 2.00. The van der Waals surface area contributed by atoms with E-state index in [0.29, 0.717) is 17.3 Å². The van der Waals surface area contributed by atoms with Crippen molar-refractivity contribution in [3.8, 4) is 27.7 Å². The molecule has 0 radical (unpaired) electrons. The molecule has 4 aromatic rings. The third-order valence-electron chi connectivity index (χ3n) is 6.85. The standard InChI is InChI=1S/C26H35N7OS/c1-15(2)12-32-9-7-18(8-10-32)24-17(5)29-26(35-24)23-21(16(3)4)22(30-31-23)19-11-20(34-6)25-27-14-28-33(25)13-19/h11,13-16,18H,7-10,12H2,1-6H3,(H,30,31). The van der Waals surface area contributed by atoms with Crippen LogP contribution in [0.25, 0.3) is 27.6 Å². The topological polar surface area (TPSA) is 84.2 Å². The maximum Gasteiger partial charge on any atom is 0.197 e. The molecule has 8 nitrogen and oxygen atoms in total. The van der Waals surface area contributed by atoms with Crippen molar-refractivity contribution < 1.29 is 4.74 Å². The number of methoxy groups -OCH3 is 1. The summed E-state index contributed by atoms with van der Waals surface area (Å²) in [6.45, 7) is 14.7. The average Bonchev–Trinajstić information content (AvgIpc) is 3.56. The van der Waals surface area contributed by atoms with Crippen molar-refractivity contribution in [1.29, 1.82) is 0 Å². The Labute approximate surface area is 210 Å². The van der Waals surface area contributed by atoms with Crippen LogP contribution in [0.3, 0.4) is 0 Å². The second-order valence-electron chi connectivity index (χ2n) is 10.3. The van der Waals surface area contributed by atoms with Crippen LogP contribution < -0.4 is 4.74 Å². The second kappa shape index (κ2) is 9.70. The number of aromatic amines is 1. The summed E-state index contributed by atoms with van der Waals surface area (Å²) in [5.74, 6) is 2.26. The largest absolute Gasteiger partial charge is 0.493 e. The highest BCUT2D eigenvalue weighted by Gasteiger charge is 2.27. The van der Waals surface area contributed by atoms with Crippen LogP contribution in [0.5, 0.6) is 5.75 Å². The van der Waals surface area contributed by atoms with Gasteiger partial charge in [0.1, 0.15) is 17.0 Å². The number of likely N-dealkylation sites (tertiary alicyclic amines) is 1. The molecule has 1 fully saturated rings. The van der Waals surface area contributed by atoms with E-state index in [2.05, 4.69) is 54.7 Å². The molecular formula is C26H35N7OS.